The van der Waals surface area contributed by atoms with E-state index in [9.17, 15) is 4.79 Å². The summed E-state index contributed by atoms with van der Waals surface area (Å²) in [7, 11) is 1.86. The lowest BCUT2D eigenvalue weighted by atomic mass is 10.1. The highest BCUT2D eigenvalue weighted by Gasteiger charge is 2.20. The summed E-state index contributed by atoms with van der Waals surface area (Å²) in [4.78, 5) is 18.6. The molecule has 20 heavy (non-hydrogen) atoms. The Balaban J connectivity index is 2.95. The van der Waals surface area contributed by atoms with E-state index in [0.717, 1.165) is 30.7 Å². The summed E-state index contributed by atoms with van der Waals surface area (Å²) in [5.41, 5.74) is 1.52. The third-order valence-electron chi connectivity index (χ3n) is 3.30. The van der Waals surface area contributed by atoms with Crippen LogP contribution in [0.1, 0.15) is 42.7 Å². The van der Waals surface area contributed by atoms with Crippen LogP contribution in [0.15, 0.2) is 12.1 Å². The normalized spacial score (nSPS) is 12.2. The zero-order chi connectivity index (χ0) is 15.1. The molecule has 1 rings (SSSR count). The van der Waals surface area contributed by atoms with Crippen molar-refractivity contribution in [2.45, 2.75) is 39.2 Å². The van der Waals surface area contributed by atoms with Gasteiger partial charge in [-0.15, -0.1) is 0 Å². The Kier molecular flexibility index (Phi) is 7.38. The van der Waals surface area contributed by atoms with E-state index < -0.39 is 0 Å². The largest absolute Gasteiger partial charge is 0.338 e. The molecule has 0 saturated heterocycles. The van der Waals surface area contributed by atoms with Crippen molar-refractivity contribution >= 4 is 29.3 Å². The third-order valence-corrected chi connectivity index (χ3v) is 4.21. The van der Waals surface area contributed by atoms with Crippen molar-refractivity contribution in [3.05, 3.63) is 28.5 Å². The maximum atomic E-state index is 12.6. The number of nitrogens with zero attached hydrogens (tertiary/aromatic N) is 2. The van der Waals surface area contributed by atoms with Crippen LogP contribution >= 0.6 is 23.4 Å². The number of pyridine rings is 1. The topological polar surface area (TPSA) is 33.2 Å². The molecule has 1 heterocycles. The fraction of sp³-hybridized carbons (Fsp3) is 0.600. The molecule has 0 fully saturated rings. The van der Waals surface area contributed by atoms with Crippen LogP contribution in [0.2, 0.25) is 5.15 Å². The lowest BCUT2D eigenvalue weighted by molar-refractivity contribution is 0.0743. The zero-order valence-corrected chi connectivity index (χ0v) is 14.2. The van der Waals surface area contributed by atoms with Gasteiger partial charge in [0, 0.05) is 30.1 Å². The van der Waals surface area contributed by atoms with Gasteiger partial charge >= 0.3 is 0 Å². The van der Waals surface area contributed by atoms with E-state index in [1.54, 1.807) is 17.8 Å². The molecule has 0 aliphatic carbocycles. The molecule has 1 aromatic rings. The maximum absolute atomic E-state index is 12.6. The van der Waals surface area contributed by atoms with Gasteiger partial charge in [0.1, 0.15) is 5.15 Å². The summed E-state index contributed by atoms with van der Waals surface area (Å²) in [5, 5.41) is 0.394. The highest BCUT2D eigenvalue weighted by molar-refractivity contribution is 7.98. The van der Waals surface area contributed by atoms with E-state index in [2.05, 4.69) is 25.1 Å². The molecule has 0 N–H and O–H groups in total. The lowest BCUT2D eigenvalue weighted by Crippen LogP contribution is -2.38. The Labute approximate surface area is 131 Å². The lowest BCUT2D eigenvalue weighted by Gasteiger charge is -2.27. The van der Waals surface area contributed by atoms with Crippen molar-refractivity contribution in [2.24, 2.45) is 0 Å². The Bertz CT molecular complexity index is 453. The Morgan fingerprint density at radius 2 is 2.15 bits per heavy atom. The Hall–Kier alpha value is -0.740. The van der Waals surface area contributed by atoms with Gasteiger partial charge in [0.2, 0.25) is 0 Å². The number of amides is 1. The van der Waals surface area contributed by atoms with E-state index >= 15 is 0 Å². The molecule has 0 aromatic carbocycles. The summed E-state index contributed by atoms with van der Waals surface area (Å²) in [6.07, 6.45) is 4.83. The average molecular weight is 315 g/mol. The molecule has 0 aliphatic heterocycles. The van der Waals surface area contributed by atoms with Crippen molar-refractivity contribution in [1.82, 2.24) is 9.88 Å². The number of carbonyl (C=O) groups excluding carboxylic acids is 1. The van der Waals surface area contributed by atoms with Crippen molar-refractivity contribution in [3.63, 3.8) is 0 Å². The standard InChI is InChI=1S/C15H23ClN2OS/c1-5-7-12-8-11(9-14(16)17-12)15(19)18(3)13(6-2)10-20-4/h8-9,13H,5-7,10H2,1-4H3. The van der Waals surface area contributed by atoms with Crippen LogP contribution < -0.4 is 0 Å². The number of aryl methyl sites for hydroxylation is 1. The molecule has 0 bridgehead atoms. The number of rotatable bonds is 7. The minimum absolute atomic E-state index is 0.0209. The van der Waals surface area contributed by atoms with Crippen LogP contribution in [0.25, 0.3) is 0 Å². The van der Waals surface area contributed by atoms with Gasteiger partial charge in [0.05, 0.1) is 0 Å². The smallest absolute Gasteiger partial charge is 0.254 e. The number of carbonyl (C=O) groups is 1. The predicted molar refractivity (Wildman–Crippen MR) is 87.8 cm³/mol. The van der Waals surface area contributed by atoms with Crippen LogP contribution in [0, 0.1) is 0 Å². The SMILES string of the molecule is CCCc1cc(C(=O)N(C)C(CC)CSC)cc(Cl)n1. The molecular weight excluding hydrogens is 292 g/mol. The van der Waals surface area contributed by atoms with Crippen molar-refractivity contribution in [1.29, 1.82) is 0 Å². The summed E-state index contributed by atoms with van der Waals surface area (Å²) in [5.74, 6) is 0.965. The summed E-state index contributed by atoms with van der Waals surface area (Å²) in [6.45, 7) is 4.19. The number of hydrogen-bond donors (Lipinski definition) is 0. The predicted octanol–water partition coefficient (Wildman–Crippen LogP) is 3.90. The molecule has 112 valence electrons. The molecule has 1 atom stereocenters. The number of thioether (sulfide) groups is 1. The Morgan fingerprint density at radius 1 is 1.45 bits per heavy atom. The summed E-state index contributed by atoms with van der Waals surface area (Å²) >= 11 is 7.78. The van der Waals surface area contributed by atoms with E-state index in [4.69, 9.17) is 11.6 Å². The fourth-order valence-corrected chi connectivity index (χ4v) is 3.19. The first kappa shape index (κ1) is 17.3. The molecule has 1 unspecified atom stereocenters. The molecule has 1 amide bonds. The van der Waals surface area contributed by atoms with Crippen molar-refractivity contribution in [3.8, 4) is 0 Å². The van der Waals surface area contributed by atoms with Crippen LogP contribution in [-0.2, 0) is 6.42 Å². The van der Waals surface area contributed by atoms with Gasteiger partial charge in [-0.2, -0.15) is 11.8 Å². The summed E-state index contributed by atoms with van der Waals surface area (Å²) in [6, 6.07) is 3.77. The molecule has 0 spiro atoms. The molecule has 0 aliphatic rings. The average Bonchev–Trinajstić information content (AvgIpc) is 2.43. The van der Waals surface area contributed by atoms with E-state index in [-0.39, 0.29) is 11.9 Å². The monoisotopic (exact) mass is 314 g/mol. The maximum Gasteiger partial charge on any atom is 0.254 e. The highest BCUT2D eigenvalue weighted by atomic mass is 35.5. The van der Waals surface area contributed by atoms with Crippen LogP contribution in [0.3, 0.4) is 0 Å². The fourth-order valence-electron chi connectivity index (χ4n) is 2.12. The highest BCUT2D eigenvalue weighted by Crippen LogP contribution is 2.17. The van der Waals surface area contributed by atoms with Gasteiger partial charge in [-0.3, -0.25) is 4.79 Å². The first-order valence-corrected chi connectivity index (χ1v) is 8.73. The van der Waals surface area contributed by atoms with Gasteiger partial charge < -0.3 is 4.90 Å². The molecule has 0 saturated carbocycles. The number of aromatic nitrogens is 1. The van der Waals surface area contributed by atoms with E-state index in [1.807, 2.05) is 18.0 Å². The molecule has 0 radical (unpaired) electrons. The van der Waals surface area contributed by atoms with E-state index in [1.165, 1.54) is 0 Å². The van der Waals surface area contributed by atoms with Crippen LogP contribution in [0.4, 0.5) is 0 Å². The van der Waals surface area contributed by atoms with Gasteiger partial charge in [-0.1, -0.05) is 31.9 Å². The second-order valence-electron chi connectivity index (χ2n) is 4.85. The second kappa shape index (κ2) is 8.53. The van der Waals surface area contributed by atoms with Crippen LogP contribution in [-0.4, -0.2) is 40.9 Å². The molecule has 1 aromatic heterocycles. The molecule has 3 nitrogen and oxygen atoms in total. The van der Waals surface area contributed by atoms with Gasteiger partial charge in [0.25, 0.3) is 5.91 Å². The minimum Gasteiger partial charge on any atom is -0.338 e. The second-order valence-corrected chi connectivity index (χ2v) is 6.15. The van der Waals surface area contributed by atoms with Crippen molar-refractivity contribution in [2.75, 3.05) is 19.1 Å². The Morgan fingerprint density at radius 3 is 2.70 bits per heavy atom. The molecular formula is C15H23ClN2OS. The number of hydrogen-bond acceptors (Lipinski definition) is 3. The summed E-state index contributed by atoms with van der Waals surface area (Å²) < 4.78 is 0. The van der Waals surface area contributed by atoms with Crippen LogP contribution in [0.5, 0.6) is 0 Å². The third kappa shape index (κ3) is 4.67. The quantitative estimate of drug-likeness (QED) is 0.716. The van der Waals surface area contributed by atoms with Gasteiger partial charge in [0.15, 0.2) is 0 Å². The first-order valence-electron chi connectivity index (χ1n) is 6.96. The van der Waals surface area contributed by atoms with Gasteiger partial charge in [-0.05, 0) is 31.2 Å². The zero-order valence-electron chi connectivity index (χ0n) is 12.6. The minimum atomic E-state index is 0.0209. The van der Waals surface area contributed by atoms with Gasteiger partial charge in [-0.25, -0.2) is 4.98 Å². The first-order chi connectivity index (χ1) is 9.53. The van der Waals surface area contributed by atoms with Crippen molar-refractivity contribution < 1.29 is 4.79 Å². The van der Waals surface area contributed by atoms with E-state index in [0.29, 0.717) is 10.7 Å². The number of halogens is 1. The molecule has 5 heteroatoms.